The monoisotopic (exact) mass is 374 g/mol. The Hall–Kier alpha value is -1.96. The van der Waals surface area contributed by atoms with Gasteiger partial charge < -0.3 is 24.3 Å². The number of nitrogens with one attached hydrogen (secondary N) is 1. The predicted octanol–water partition coefficient (Wildman–Crippen LogP) is 2.41. The van der Waals surface area contributed by atoms with Crippen molar-refractivity contribution in [1.82, 2.24) is 14.9 Å². The van der Waals surface area contributed by atoms with Crippen molar-refractivity contribution in [3.8, 4) is 0 Å². The van der Waals surface area contributed by atoms with Gasteiger partial charge in [0.1, 0.15) is 17.7 Å². The van der Waals surface area contributed by atoms with Gasteiger partial charge in [-0.1, -0.05) is 6.07 Å². The Morgan fingerprint density at radius 2 is 2.11 bits per heavy atom. The first-order chi connectivity index (χ1) is 13.2. The highest BCUT2D eigenvalue weighted by molar-refractivity contribution is 5.49. The summed E-state index contributed by atoms with van der Waals surface area (Å²) in [4.78, 5) is 6.49. The molecule has 0 saturated carbocycles. The molecule has 6 nitrogen and oxygen atoms in total. The van der Waals surface area contributed by atoms with E-state index in [1.54, 1.807) is 12.3 Å². The average Bonchev–Trinajstić information content (AvgIpc) is 3.13. The molecule has 7 heteroatoms. The fraction of sp³-hybridized carbons (Fsp3) is 0.550. The van der Waals surface area contributed by atoms with Gasteiger partial charge in [0.2, 0.25) is 0 Å². The predicted molar refractivity (Wildman–Crippen MR) is 101 cm³/mol. The van der Waals surface area contributed by atoms with Crippen LogP contribution in [0.5, 0.6) is 0 Å². The maximum absolute atomic E-state index is 14.6. The van der Waals surface area contributed by atoms with Crippen molar-refractivity contribution in [3.63, 3.8) is 0 Å². The van der Waals surface area contributed by atoms with Gasteiger partial charge in [-0.15, -0.1) is 0 Å². The Morgan fingerprint density at radius 3 is 2.85 bits per heavy atom. The summed E-state index contributed by atoms with van der Waals surface area (Å²) >= 11 is 0. The van der Waals surface area contributed by atoms with E-state index in [9.17, 15) is 4.39 Å². The van der Waals surface area contributed by atoms with Crippen molar-refractivity contribution in [3.05, 3.63) is 47.8 Å². The minimum atomic E-state index is -0.170. The van der Waals surface area contributed by atoms with Gasteiger partial charge in [-0.05, 0) is 30.5 Å². The van der Waals surface area contributed by atoms with Crippen LogP contribution in [0.15, 0.2) is 30.6 Å². The molecular formula is C20H27FN4O2. The molecule has 2 aliphatic heterocycles. The largest absolute Gasteiger partial charge is 0.378 e. The van der Waals surface area contributed by atoms with Crippen LogP contribution in [-0.4, -0.2) is 48.5 Å². The first-order valence-corrected chi connectivity index (χ1v) is 9.66. The molecule has 2 atom stereocenters. The number of hydrogen-bond acceptors (Lipinski definition) is 5. The lowest BCUT2D eigenvalue weighted by Crippen LogP contribution is -2.40. The number of morpholine rings is 1. The zero-order chi connectivity index (χ0) is 18.6. The van der Waals surface area contributed by atoms with Gasteiger partial charge in [0.25, 0.3) is 0 Å². The van der Waals surface area contributed by atoms with Crippen molar-refractivity contribution in [2.24, 2.45) is 7.05 Å². The Labute approximate surface area is 159 Å². The minimum absolute atomic E-state index is 0.0729. The Balaban J connectivity index is 1.41. The van der Waals surface area contributed by atoms with E-state index in [2.05, 4.69) is 10.3 Å². The van der Waals surface area contributed by atoms with Crippen molar-refractivity contribution < 1.29 is 13.9 Å². The third-order valence-electron chi connectivity index (χ3n) is 5.37. The topological polar surface area (TPSA) is 51.5 Å². The highest BCUT2D eigenvalue weighted by atomic mass is 19.1. The zero-order valence-electron chi connectivity index (χ0n) is 15.7. The molecule has 1 aromatic heterocycles. The van der Waals surface area contributed by atoms with E-state index in [1.807, 2.05) is 34.8 Å². The van der Waals surface area contributed by atoms with E-state index in [1.165, 1.54) is 0 Å². The molecule has 27 heavy (non-hydrogen) atoms. The summed E-state index contributed by atoms with van der Waals surface area (Å²) in [5, 5.41) is 3.55. The van der Waals surface area contributed by atoms with Gasteiger partial charge in [0, 0.05) is 51.7 Å². The molecule has 2 fully saturated rings. The number of aryl methyl sites for hydroxylation is 1. The molecule has 0 radical (unpaired) electrons. The SMILES string of the molecule is Cn1ccnc1[C@H]1OCCC[C@@H]1NCc1ccc(N2CCOCC2)c(F)c1. The normalized spacial score (nSPS) is 23.6. The Bertz CT molecular complexity index is 760. The van der Waals surface area contributed by atoms with Crippen LogP contribution in [0.4, 0.5) is 10.1 Å². The summed E-state index contributed by atoms with van der Waals surface area (Å²) in [5.41, 5.74) is 1.60. The third kappa shape index (κ3) is 4.15. The van der Waals surface area contributed by atoms with Crippen molar-refractivity contribution in [1.29, 1.82) is 0 Å². The molecule has 0 unspecified atom stereocenters. The van der Waals surface area contributed by atoms with Crippen LogP contribution in [0.3, 0.4) is 0 Å². The maximum Gasteiger partial charge on any atom is 0.146 e. The number of benzene rings is 1. The fourth-order valence-electron chi connectivity index (χ4n) is 3.87. The maximum atomic E-state index is 14.6. The van der Waals surface area contributed by atoms with E-state index in [-0.39, 0.29) is 18.0 Å². The molecule has 1 N–H and O–H groups in total. The average molecular weight is 374 g/mol. The number of imidazole rings is 1. The number of rotatable bonds is 5. The van der Waals surface area contributed by atoms with Crippen molar-refractivity contribution in [2.45, 2.75) is 31.5 Å². The van der Waals surface area contributed by atoms with Crippen LogP contribution in [0.1, 0.15) is 30.3 Å². The molecule has 2 aliphatic rings. The molecular weight excluding hydrogens is 347 g/mol. The van der Waals surface area contributed by atoms with Crippen LogP contribution < -0.4 is 10.2 Å². The second-order valence-corrected chi connectivity index (χ2v) is 7.20. The first kappa shape index (κ1) is 18.4. The molecule has 0 amide bonds. The molecule has 146 valence electrons. The first-order valence-electron chi connectivity index (χ1n) is 9.66. The summed E-state index contributed by atoms with van der Waals surface area (Å²) in [5.74, 6) is 0.762. The van der Waals surface area contributed by atoms with Crippen molar-refractivity contribution >= 4 is 5.69 Å². The summed E-state index contributed by atoms with van der Waals surface area (Å²) < 4.78 is 27.9. The Morgan fingerprint density at radius 1 is 1.26 bits per heavy atom. The van der Waals surface area contributed by atoms with Gasteiger partial charge in [0.05, 0.1) is 18.9 Å². The molecule has 3 heterocycles. The summed E-state index contributed by atoms with van der Waals surface area (Å²) in [7, 11) is 1.98. The van der Waals surface area contributed by atoms with Gasteiger partial charge >= 0.3 is 0 Å². The minimum Gasteiger partial charge on any atom is -0.378 e. The van der Waals surface area contributed by atoms with E-state index in [0.717, 1.165) is 43.9 Å². The summed E-state index contributed by atoms with van der Waals surface area (Å²) in [6.07, 6.45) is 5.69. The molecule has 2 saturated heterocycles. The summed E-state index contributed by atoms with van der Waals surface area (Å²) in [6, 6.07) is 5.69. The highest BCUT2D eigenvalue weighted by Crippen LogP contribution is 2.28. The number of aromatic nitrogens is 2. The van der Waals surface area contributed by atoms with Crippen LogP contribution in [0.25, 0.3) is 0 Å². The Kier molecular flexibility index (Phi) is 5.71. The number of halogens is 1. The molecule has 0 spiro atoms. The zero-order valence-corrected chi connectivity index (χ0v) is 15.7. The number of ether oxygens (including phenoxy) is 2. The lowest BCUT2D eigenvalue weighted by molar-refractivity contribution is -0.0178. The number of nitrogens with zero attached hydrogens (tertiary/aromatic N) is 3. The quantitative estimate of drug-likeness (QED) is 0.871. The lowest BCUT2D eigenvalue weighted by Gasteiger charge is -2.32. The summed E-state index contributed by atoms with van der Waals surface area (Å²) in [6.45, 7) is 4.13. The van der Waals surface area contributed by atoms with Crippen LogP contribution >= 0.6 is 0 Å². The molecule has 0 bridgehead atoms. The molecule has 1 aromatic carbocycles. The number of anilines is 1. The van der Waals surface area contributed by atoms with Crippen LogP contribution in [0.2, 0.25) is 0 Å². The lowest BCUT2D eigenvalue weighted by atomic mass is 10.0. The van der Waals surface area contributed by atoms with Crippen LogP contribution in [0, 0.1) is 5.82 Å². The fourth-order valence-corrected chi connectivity index (χ4v) is 3.87. The molecule has 0 aliphatic carbocycles. The smallest absolute Gasteiger partial charge is 0.146 e. The molecule has 4 rings (SSSR count). The van der Waals surface area contributed by atoms with E-state index >= 15 is 0 Å². The van der Waals surface area contributed by atoms with Gasteiger partial charge in [-0.25, -0.2) is 9.37 Å². The second kappa shape index (κ2) is 8.37. The third-order valence-corrected chi connectivity index (χ3v) is 5.37. The highest BCUT2D eigenvalue weighted by Gasteiger charge is 2.30. The van der Waals surface area contributed by atoms with E-state index in [0.29, 0.717) is 25.4 Å². The standard InChI is InChI=1S/C20H27FN4O2/c1-24-7-6-22-20(24)19-17(3-2-10-27-19)23-14-15-4-5-18(16(21)13-15)25-8-11-26-12-9-25/h4-7,13,17,19,23H,2-3,8-12,14H2,1H3/t17-,19-/m0/s1. The van der Waals surface area contributed by atoms with Crippen LogP contribution in [-0.2, 0) is 23.1 Å². The van der Waals surface area contributed by atoms with E-state index in [4.69, 9.17) is 9.47 Å². The second-order valence-electron chi connectivity index (χ2n) is 7.20. The van der Waals surface area contributed by atoms with Gasteiger partial charge in [0.15, 0.2) is 0 Å². The van der Waals surface area contributed by atoms with Gasteiger partial charge in [-0.2, -0.15) is 0 Å². The molecule has 2 aromatic rings. The van der Waals surface area contributed by atoms with Gasteiger partial charge in [-0.3, -0.25) is 0 Å². The van der Waals surface area contributed by atoms with E-state index < -0.39 is 0 Å². The van der Waals surface area contributed by atoms with Crippen molar-refractivity contribution in [2.75, 3.05) is 37.8 Å². The number of hydrogen-bond donors (Lipinski definition) is 1.